The quantitative estimate of drug-likeness (QED) is 0.630. The van der Waals surface area contributed by atoms with E-state index in [1.54, 1.807) is 6.07 Å². The summed E-state index contributed by atoms with van der Waals surface area (Å²) in [4.78, 5) is 12.1. The van der Waals surface area contributed by atoms with Gasteiger partial charge < -0.3 is 4.90 Å². The van der Waals surface area contributed by atoms with E-state index in [4.69, 9.17) is 5.26 Å². The zero-order chi connectivity index (χ0) is 14.7. The molecule has 0 N–H and O–H groups in total. The number of anilines is 2. The van der Waals surface area contributed by atoms with Gasteiger partial charge >= 0.3 is 0 Å². The van der Waals surface area contributed by atoms with Crippen molar-refractivity contribution < 1.29 is 4.92 Å². The van der Waals surface area contributed by atoms with Crippen LogP contribution in [0.25, 0.3) is 0 Å². The van der Waals surface area contributed by atoms with Gasteiger partial charge in [0.05, 0.1) is 4.92 Å². The predicted octanol–water partition coefficient (Wildman–Crippen LogP) is 3.54. The molecule has 5 nitrogen and oxygen atoms in total. The first-order chi connectivity index (χ1) is 9.52. The fourth-order valence-corrected chi connectivity index (χ4v) is 1.90. The highest BCUT2D eigenvalue weighted by atomic mass is 16.6. The molecular formula is C15H13N3O2. The third-order valence-electron chi connectivity index (χ3n) is 3.11. The molecule has 0 heterocycles. The molecule has 0 fully saturated rings. The molecule has 100 valence electrons. The van der Waals surface area contributed by atoms with E-state index in [1.807, 2.05) is 49.2 Å². The maximum atomic E-state index is 10.8. The molecule has 0 unspecified atom stereocenters. The van der Waals surface area contributed by atoms with Crippen molar-refractivity contribution in [2.75, 3.05) is 11.9 Å². The molecule has 0 saturated carbocycles. The summed E-state index contributed by atoms with van der Waals surface area (Å²) in [7, 11) is 1.85. The second kappa shape index (κ2) is 5.41. The van der Waals surface area contributed by atoms with Crippen molar-refractivity contribution in [1.82, 2.24) is 0 Å². The molecule has 0 aromatic heterocycles. The first-order valence-corrected chi connectivity index (χ1v) is 6.02. The van der Waals surface area contributed by atoms with Crippen LogP contribution in [0, 0.1) is 28.4 Å². The van der Waals surface area contributed by atoms with Crippen molar-refractivity contribution in [3.05, 3.63) is 63.7 Å². The molecule has 2 aromatic rings. The highest BCUT2D eigenvalue weighted by Crippen LogP contribution is 2.28. The molecule has 0 aliphatic heterocycles. The number of nitriles is 1. The largest absolute Gasteiger partial charge is 0.345 e. The number of benzene rings is 2. The van der Waals surface area contributed by atoms with E-state index in [0.29, 0.717) is 0 Å². The van der Waals surface area contributed by atoms with Crippen LogP contribution < -0.4 is 4.90 Å². The lowest BCUT2D eigenvalue weighted by Gasteiger charge is -2.19. The van der Waals surface area contributed by atoms with Crippen molar-refractivity contribution >= 4 is 17.1 Å². The number of rotatable bonds is 3. The van der Waals surface area contributed by atoms with Crippen molar-refractivity contribution in [3.8, 4) is 6.07 Å². The molecule has 5 heteroatoms. The monoisotopic (exact) mass is 267 g/mol. The Morgan fingerprint density at radius 1 is 1.15 bits per heavy atom. The Bertz CT molecular complexity index is 687. The minimum atomic E-state index is -0.547. The van der Waals surface area contributed by atoms with Crippen molar-refractivity contribution in [1.29, 1.82) is 5.26 Å². The minimum Gasteiger partial charge on any atom is -0.345 e. The van der Waals surface area contributed by atoms with Crippen LogP contribution in [-0.2, 0) is 0 Å². The fourth-order valence-electron chi connectivity index (χ4n) is 1.90. The lowest BCUT2D eigenvalue weighted by Crippen LogP contribution is -2.09. The molecule has 0 radical (unpaired) electrons. The van der Waals surface area contributed by atoms with Gasteiger partial charge in [-0.25, -0.2) is 0 Å². The van der Waals surface area contributed by atoms with Crippen LogP contribution in [0.3, 0.4) is 0 Å². The van der Waals surface area contributed by atoms with Crippen LogP contribution in [0.1, 0.15) is 11.1 Å². The predicted molar refractivity (Wildman–Crippen MR) is 77.1 cm³/mol. The number of aryl methyl sites for hydroxylation is 1. The highest BCUT2D eigenvalue weighted by Gasteiger charge is 2.15. The molecule has 0 spiro atoms. The lowest BCUT2D eigenvalue weighted by molar-refractivity contribution is -0.385. The first kappa shape index (κ1) is 13.6. The average molecular weight is 267 g/mol. The summed E-state index contributed by atoms with van der Waals surface area (Å²) < 4.78 is 0. The van der Waals surface area contributed by atoms with E-state index < -0.39 is 4.92 Å². The van der Waals surface area contributed by atoms with Gasteiger partial charge in [-0.1, -0.05) is 17.7 Å². The summed E-state index contributed by atoms with van der Waals surface area (Å²) in [5, 5.41) is 19.8. The van der Waals surface area contributed by atoms with Gasteiger partial charge in [0.15, 0.2) is 0 Å². The first-order valence-electron chi connectivity index (χ1n) is 6.02. The van der Waals surface area contributed by atoms with Gasteiger partial charge in [-0.05, 0) is 31.2 Å². The number of nitro groups is 1. The van der Waals surface area contributed by atoms with Crippen LogP contribution in [-0.4, -0.2) is 12.0 Å². The summed E-state index contributed by atoms with van der Waals surface area (Å²) in [5.41, 5.74) is 2.73. The van der Waals surface area contributed by atoms with Crippen LogP contribution in [0.2, 0.25) is 0 Å². The van der Waals surface area contributed by atoms with E-state index in [9.17, 15) is 10.1 Å². The molecule has 0 amide bonds. The maximum absolute atomic E-state index is 10.8. The van der Waals surface area contributed by atoms with E-state index in [1.165, 1.54) is 12.1 Å². The molecule has 0 aliphatic rings. The second-order valence-electron chi connectivity index (χ2n) is 4.46. The standard InChI is InChI=1S/C15H13N3O2/c1-11-3-5-13(6-4-11)17(2)14-7-8-15(18(19)20)12(9-14)10-16/h3-9H,1-2H3. The van der Waals surface area contributed by atoms with Gasteiger partial charge in [0.25, 0.3) is 5.69 Å². The van der Waals surface area contributed by atoms with Crippen LogP contribution in [0.15, 0.2) is 42.5 Å². The Kier molecular flexibility index (Phi) is 3.67. The molecular weight excluding hydrogens is 254 g/mol. The Balaban J connectivity index is 2.41. The third-order valence-corrected chi connectivity index (χ3v) is 3.11. The number of hydrogen-bond donors (Lipinski definition) is 0. The second-order valence-corrected chi connectivity index (χ2v) is 4.46. The molecule has 0 bridgehead atoms. The molecule has 0 aliphatic carbocycles. The summed E-state index contributed by atoms with van der Waals surface area (Å²) >= 11 is 0. The lowest BCUT2D eigenvalue weighted by atomic mass is 10.1. The SMILES string of the molecule is Cc1ccc(N(C)c2ccc([N+](=O)[O-])c(C#N)c2)cc1. The Morgan fingerprint density at radius 3 is 2.30 bits per heavy atom. The Morgan fingerprint density at radius 2 is 1.75 bits per heavy atom. The zero-order valence-corrected chi connectivity index (χ0v) is 11.2. The van der Waals surface area contributed by atoms with Crippen molar-refractivity contribution in [2.45, 2.75) is 6.92 Å². The minimum absolute atomic E-state index is 0.0615. The van der Waals surface area contributed by atoms with E-state index >= 15 is 0 Å². The normalized spacial score (nSPS) is 9.85. The van der Waals surface area contributed by atoms with Crippen LogP contribution in [0.4, 0.5) is 17.1 Å². The van der Waals surface area contributed by atoms with Crippen LogP contribution in [0.5, 0.6) is 0 Å². The summed E-state index contributed by atoms with van der Waals surface area (Å²) in [6.45, 7) is 2.00. The summed E-state index contributed by atoms with van der Waals surface area (Å²) in [6.07, 6.45) is 0. The van der Waals surface area contributed by atoms with Gasteiger partial charge in [0.2, 0.25) is 0 Å². The third kappa shape index (κ3) is 2.59. The van der Waals surface area contributed by atoms with Crippen LogP contribution >= 0.6 is 0 Å². The fraction of sp³-hybridized carbons (Fsp3) is 0.133. The number of nitro benzene ring substituents is 1. The van der Waals surface area contributed by atoms with Crippen molar-refractivity contribution in [2.24, 2.45) is 0 Å². The highest BCUT2D eigenvalue weighted by molar-refractivity contribution is 5.67. The Labute approximate surface area is 116 Å². The van der Waals surface area contributed by atoms with E-state index in [-0.39, 0.29) is 11.3 Å². The molecule has 20 heavy (non-hydrogen) atoms. The number of hydrogen-bond acceptors (Lipinski definition) is 4. The smallest absolute Gasteiger partial charge is 0.287 e. The van der Waals surface area contributed by atoms with E-state index in [2.05, 4.69) is 0 Å². The van der Waals surface area contributed by atoms with Gasteiger partial charge in [-0.2, -0.15) is 5.26 Å². The summed E-state index contributed by atoms with van der Waals surface area (Å²) in [6, 6.07) is 14.3. The zero-order valence-electron chi connectivity index (χ0n) is 11.2. The van der Waals surface area contributed by atoms with Gasteiger partial charge in [-0.15, -0.1) is 0 Å². The number of nitrogens with zero attached hydrogens (tertiary/aromatic N) is 3. The van der Waals surface area contributed by atoms with E-state index in [0.717, 1.165) is 16.9 Å². The molecule has 0 atom stereocenters. The maximum Gasteiger partial charge on any atom is 0.287 e. The molecule has 0 saturated heterocycles. The van der Waals surface area contributed by atoms with Gasteiger partial charge in [0.1, 0.15) is 11.6 Å². The van der Waals surface area contributed by atoms with Gasteiger partial charge in [0, 0.05) is 24.5 Å². The Hall–Kier alpha value is -2.87. The molecule has 2 rings (SSSR count). The summed E-state index contributed by atoms with van der Waals surface area (Å²) in [5.74, 6) is 0. The van der Waals surface area contributed by atoms with Crippen molar-refractivity contribution in [3.63, 3.8) is 0 Å². The molecule has 2 aromatic carbocycles. The average Bonchev–Trinajstić information content (AvgIpc) is 2.46. The van der Waals surface area contributed by atoms with Gasteiger partial charge in [-0.3, -0.25) is 10.1 Å². The topological polar surface area (TPSA) is 70.2 Å².